The van der Waals surface area contributed by atoms with E-state index in [0.29, 0.717) is 6.54 Å². The summed E-state index contributed by atoms with van der Waals surface area (Å²) in [5.74, 6) is -1.78. The molecule has 0 fully saturated rings. The van der Waals surface area contributed by atoms with Gasteiger partial charge in [0.15, 0.2) is 0 Å². The second kappa shape index (κ2) is 10.3. The lowest BCUT2D eigenvalue weighted by Crippen LogP contribution is -2.55. The van der Waals surface area contributed by atoms with Crippen LogP contribution in [-0.2, 0) is 45.7 Å². The molecule has 1 aliphatic rings. The summed E-state index contributed by atoms with van der Waals surface area (Å²) in [6.07, 6.45) is 2.18. The Labute approximate surface area is 215 Å². The average molecular weight is 509 g/mol. The number of hydrogen-bond acceptors (Lipinski definition) is 5. The first-order valence-corrected chi connectivity index (χ1v) is 12.9. The van der Waals surface area contributed by atoms with Crippen molar-refractivity contribution in [3.63, 3.8) is 0 Å². The van der Waals surface area contributed by atoms with Gasteiger partial charge in [-0.1, -0.05) is 51.1 Å². The Morgan fingerprint density at radius 3 is 2.53 bits per heavy atom. The molecule has 2 N–H and O–H groups in total. The van der Waals surface area contributed by atoms with E-state index in [-0.39, 0.29) is 30.7 Å². The normalized spacial score (nSPS) is 16.3. The quantitative estimate of drug-likeness (QED) is 0.509. The van der Waals surface area contributed by atoms with E-state index in [0.717, 1.165) is 21.8 Å². The number of thiophene rings is 1. The van der Waals surface area contributed by atoms with Gasteiger partial charge >= 0.3 is 5.97 Å². The van der Waals surface area contributed by atoms with E-state index in [1.54, 1.807) is 11.2 Å². The molecule has 4 rings (SSSR count). The highest BCUT2D eigenvalue weighted by atomic mass is 32.1. The highest BCUT2D eigenvalue weighted by Gasteiger charge is 2.37. The Morgan fingerprint density at radius 1 is 1.19 bits per heavy atom. The predicted molar refractivity (Wildman–Crippen MR) is 138 cm³/mol. The van der Waals surface area contributed by atoms with E-state index in [4.69, 9.17) is 0 Å². The summed E-state index contributed by atoms with van der Waals surface area (Å²) in [5.41, 5.74) is 4.10. The fourth-order valence-corrected chi connectivity index (χ4v) is 5.04. The highest BCUT2D eigenvalue weighted by Crippen LogP contribution is 2.26. The molecule has 0 radical (unpaired) electrons. The number of carbonyl (C=O) groups excluding carboxylic acids is 2. The number of aromatic nitrogens is 2. The number of imidazole rings is 1. The SMILES string of the molecule is CC(NC(=O)C1Cc2ncn(Cc3ccc(C(C)(C)C)cc3)c2CN1C(=O)Cc1cccs1)C(=O)O. The number of carboxylic acids is 1. The number of amides is 2. The van der Waals surface area contributed by atoms with Gasteiger partial charge in [-0.2, -0.15) is 0 Å². The number of aliphatic carboxylic acids is 1. The van der Waals surface area contributed by atoms with Crippen LogP contribution in [0.5, 0.6) is 0 Å². The third-order valence-corrected chi connectivity index (χ3v) is 7.42. The van der Waals surface area contributed by atoms with Crippen molar-refractivity contribution in [3.8, 4) is 0 Å². The molecule has 36 heavy (non-hydrogen) atoms. The first-order valence-electron chi connectivity index (χ1n) is 12.0. The number of carbonyl (C=O) groups is 3. The fourth-order valence-electron chi connectivity index (χ4n) is 4.34. The highest BCUT2D eigenvalue weighted by molar-refractivity contribution is 7.10. The van der Waals surface area contributed by atoms with Crippen molar-refractivity contribution in [1.82, 2.24) is 19.8 Å². The summed E-state index contributed by atoms with van der Waals surface area (Å²) in [6.45, 7) is 8.79. The van der Waals surface area contributed by atoms with Crippen LogP contribution >= 0.6 is 11.3 Å². The summed E-state index contributed by atoms with van der Waals surface area (Å²) in [7, 11) is 0. The molecule has 1 aliphatic heterocycles. The van der Waals surface area contributed by atoms with E-state index in [1.807, 2.05) is 22.1 Å². The van der Waals surface area contributed by atoms with Crippen molar-refractivity contribution in [2.45, 2.75) is 71.1 Å². The maximum Gasteiger partial charge on any atom is 0.325 e. The first kappa shape index (κ1) is 25.6. The van der Waals surface area contributed by atoms with Gasteiger partial charge in [0, 0.05) is 17.8 Å². The Bertz CT molecular complexity index is 1240. The third-order valence-electron chi connectivity index (χ3n) is 6.55. The lowest BCUT2D eigenvalue weighted by atomic mass is 9.87. The molecular formula is C27H32N4O4S. The van der Waals surface area contributed by atoms with Crippen LogP contribution in [0.15, 0.2) is 48.1 Å². The molecule has 2 unspecified atom stereocenters. The summed E-state index contributed by atoms with van der Waals surface area (Å²) in [6, 6.07) is 10.4. The van der Waals surface area contributed by atoms with E-state index < -0.39 is 24.0 Å². The molecular weight excluding hydrogens is 476 g/mol. The number of benzene rings is 1. The van der Waals surface area contributed by atoms with Crippen LogP contribution in [0, 0.1) is 0 Å². The van der Waals surface area contributed by atoms with Gasteiger partial charge in [0.1, 0.15) is 12.1 Å². The van der Waals surface area contributed by atoms with E-state index in [2.05, 4.69) is 55.3 Å². The monoisotopic (exact) mass is 508 g/mol. The van der Waals surface area contributed by atoms with Gasteiger partial charge in [-0.25, -0.2) is 4.98 Å². The molecule has 2 atom stereocenters. The van der Waals surface area contributed by atoms with Gasteiger partial charge in [-0.05, 0) is 34.9 Å². The first-order chi connectivity index (χ1) is 17.0. The number of carboxylic acid groups (broad SMARTS) is 1. The number of nitrogens with zero attached hydrogens (tertiary/aromatic N) is 3. The van der Waals surface area contributed by atoms with E-state index in [9.17, 15) is 19.5 Å². The summed E-state index contributed by atoms with van der Waals surface area (Å²) < 4.78 is 2.03. The topological polar surface area (TPSA) is 105 Å². The van der Waals surface area contributed by atoms with Crippen LogP contribution in [0.2, 0.25) is 0 Å². The maximum absolute atomic E-state index is 13.3. The van der Waals surface area contributed by atoms with Crippen molar-refractivity contribution >= 4 is 29.1 Å². The minimum atomic E-state index is -1.13. The molecule has 0 saturated heterocycles. The smallest absolute Gasteiger partial charge is 0.325 e. The van der Waals surface area contributed by atoms with Crippen LogP contribution in [0.25, 0.3) is 0 Å². The molecule has 9 heteroatoms. The number of nitrogens with one attached hydrogen (secondary N) is 1. The Morgan fingerprint density at radius 2 is 1.92 bits per heavy atom. The van der Waals surface area contributed by atoms with Crippen molar-refractivity contribution in [1.29, 1.82) is 0 Å². The van der Waals surface area contributed by atoms with Gasteiger partial charge in [0.05, 0.1) is 30.7 Å². The van der Waals surface area contributed by atoms with Gasteiger partial charge in [0.25, 0.3) is 0 Å². The minimum Gasteiger partial charge on any atom is -0.480 e. The second-order valence-electron chi connectivity index (χ2n) is 10.3. The van der Waals surface area contributed by atoms with Crippen molar-refractivity contribution < 1.29 is 19.5 Å². The van der Waals surface area contributed by atoms with Crippen LogP contribution < -0.4 is 5.32 Å². The molecule has 190 valence electrons. The van der Waals surface area contributed by atoms with Gasteiger partial charge in [-0.3, -0.25) is 14.4 Å². The third kappa shape index (κ3) is 5.67. The van der Waals surface area contributed by atoms with Gasteiger partial charge in [0.2, 0.25) is 11.8 Å². The predicted octanol–water partition coefficient (Wildman–Crippen LogP) is 3.38. The second-order valence-corrected chi connectivity index (χ2v) is 11.3. The minimum absolute atomic E-state index is 0.0733. The lowest BCUT2D eigenvalue weighted by molar-refractivity contribution is -0.145. The Kier molecular flexibility index (Phi) is 7.31. The Balaban J connectivity index is 1.58. The zero-order valence-corrected chi connectivity index (χ0v) is 21.8. The largest absolute Gasteiger partial charge is 0.480 e. The number of fused-ring (bicyclic) bond motifs is 1. The number of hydrogen-bond donors (Lipinski definition) is 2. The summed E-state index contributed by atoms with van der Waals surface area (Å²) >= 11 is 1.49. The van der Waals surface area contributed by atoms with Crippen LogP contribution in [-0.4, -0.2) is 49.4 Å². The van der Waals surface area contributed by atoms with Crippen LogP contribution in [0.3, 0.4) is 0 Å². The standard InChI is InChI=1S/C27H32N4O4S/c1-17(26(34)35)29-25(33)22-13-21-23(15-31(22)24(32)12-20-6-5-11-36-20)30(16-28-21)14-18-7-9-19(10-8-18)27(2,3)4/h5-11,16-17,22H,12-15H2,1-4H3,(H,29,33)(H,34,35). The summed E-state index contributed by atoms with van der Waals surface area (Å²) in [5, 5.41) is 13.7. The molecule has 3 heterocycles. The maximum atomic E-state index is 13.3. The molecule has 3 aromatic rings. The fraction of sp³-hybridized carbons (Fsp3) is 0.407. The van der Waals surface area contributed by atoms with E-state index in [1.165, 1.54) is 23.8 Å². The average Bonchev–Trinajstić information content (AvgIpc) is 3.47. The summed E-state index contributed by atoms with van der Waals surface area (Å²) in [4.78, 5) is 44.7. The van der Waals surface area contributed by atoms with E-state index >= 15 is 0 Å². The molecule has 8 nitrogen and oxygen atoms in total. The molecule has 0 aliphatic carbocycles. The molecule has 0 bridgehead atoms. The van der Waals surface area contributed by atoms with Crippen LogP contribution in [0.1, 0.15) is 55.1 Å². The van der Waals surface area contributed by atoms with Crippen molar-refractivity contribution in [2.24, 2.45) is 0 Å². The molecule has 2 aromatic heterocycles. The van der Waals surface area contributed by atoms with Crippen molar-refractivity contribution in [2.75, 3.05) is 0 Å². The molecule has 1 aromatic carbocycles. The van der Waals surface area contributed by atoms with Crippen LogP contribution in [0.4, 0.5) is 0 Å². The lowest BCUT2D eigenvalue weighted by Gasteiger charge is -2.35. The molecule has 2 amide bonds. The Hall–Kier alpha value is -3.46. The zero-order chi connectivity index (χ0) is 26.0. The number of rotatable bonds is 7. The van der Waals surface area contributed by atoms with Gasteiger partial charge in [-0.15, -0.1) is 11.3 Å². The van der Waals surface area contributed by atoms with Crippen molar-refractivity contribution in [3.05, 3.63) is 75.5 Å². The molecule has 0 saturated carbocycles. The molecule has 0 spiro atoms. The zero-order valence-electron chi connectivity index (χ0n) is 21.0. The van der Waals surface area contributed by atoms with Gasteiger partial charge < -0.3 is 19.9 Å².